The summed E-state index contributed by atoms with van der Waals surface area (Å²) in [5.41, 5.74) is 2.16. The van der Waals surface area contributed by atoms with E-state index in [1.54, 1.807) is 22.8 Å². The van der Waals surface area contributed by atoms with Gasteiger partial charge in [-0.25, -0.2) is 8.78 Å². The fourth-order valence-electron chi connectivity index (χ4n) is 3.55. The highest BCUT2D eigenvalue weighted by atomic mass is 19.1. The summed E-state index contributed by atoms with van der Waals surface area (Å²) in [5, 5.41) is 11.4. The number of nitrogens with zero attached hydrogens (tertiary/aromatic N) is 5. The Bertz CT molecular complexity index is 1070. The zero-order chi connectivity index (χ0) is 20.0. The second-order valence-electron chi connectivity index (χ2n) is 6.90. The minimum Gasteiger partial charge on any atom is -0.338 e. The molecular weight excluding hydrogens is 366 g/mol. The molecule has 9 heteroatoms. The summed E-state index contributed by atoms with van der Waals surface area (Å²) >= 11 is 0. The van der Waals surface area contributed by atoms with Crippen LogP contribution in [0.2, 0.25) is 0 Å². The number of halogens is 2. The third-order valence-corrected chi connectivity index (χ3v) is 5.03. The Kier molecular flexibility index (Phi) is 4.37. The Morgan fingerprint density at radius 2 is 2.04 bits per heavy atom. The molecule has 146 valence electrons. The summed E-state index contributed by atoms with van der Waals surface area (Å²) in [6.45, 7) is 2.55. The first kappa shape index (κ1) is 18.1. The summed E-state index contributed by atoms with van der Waals surface area (Å²) in [6.07, 6.45) is 3.64. The maximum atomic E-state index is 15.1. The van der Waals surface area contributed by atoms with Crippen LogP contribution in [0.15, 0.2) is 24.5 Å². The normalized spacial score (nSPS) is 13.5. The van der Waals surface area contributed by atoms with Crippen LogP contribution in [0.4, 0.5) is 20.3 Å². The summed E-state index contributed by atoms with van der Waals surface area (Å²) < 4.78 is 32.7. The molecule has 0 saturated carbocycles. The molecule has 4 rings (SSSR count). The van der Waals surface area contributed by atoms with Gasteiger partial charge < -0.3 is 10.2 Å². The van der Waals surface area contributed by atoms with Crippen LogP contribution in [-0.4, -0.2) is 36.9 Å². The number of anilines is 2. The number of fused-ring (bicyclic) bond motifs is 1. The molecule has 1 N–H and O–H groups in total. The molecule has 0 radical (unpaired) electrons. The molecule has 2 aromatic heterocycles. The molecule has 0 atom stereocenters. The molecule has 0 bridgehead atoms. The van der Waals surface area contributed by atoms with Gasteiger partial charge in [-0.3, -0.25) is 14.2 Å². The Morgan fingerprint density at radius 3 is 2.71 bits per heavy atom. The van der Waals surface area contributed by atoms with Crippen LogP contribution in [-0.2, 0) is 31.9 Å². The molecule has 1 amide bonds. The quantitative estimate of drug-likeness (QED) is 0.752. The number of benzene rings is 1. The van der Waals surface area contributed by atoms with Crippen molar-refractivity contribution in [2.75, 3.05) is 11.9 Å². The van der Waals surface area contributed by atoms with Crippen LogP contribution in [0.3, 0.4) is 0 Å². The first-order valence-corrected chi connectivity index (χ1v) is 8.89. The maximum Gasteiger partial charge on any atom is 0.219 e. The van der Waals surface area contributed by atoms with Crippen LogP contribution in [0.25, 0.3) is 11.1 Å². The molecule has 1 aliphatic rings. The number of hydrogen-bond donors (Lipinski definition) is 1. The summed E-state index contributed by atoms with van der Waals surface area (Å²) in [5.74, 6) is -0.938. The number of nitrogens with one attached hydrogen (secondary N) is 1. The molecule has 28 heavy (non-hydrogen) atoms. The van der Waals surface area contributed by atoms with E-state index in [9.17, 15) is 9.18 Å². The minimum atomic E-state index is -0.716. The molecule has 3 heterocycles. The Morgan fingerprint density at radius 1 is 1.25 bits per heavy atom. The molecule has 3 aromatic rings. The van der Waals surface area contributed by atoms with E-state index in [-0.39, 0.29) is 17.2 Å². The first-order valence-electron chi connectivity index (χ1n) is 8.89. The third kappa shape index (κ3) is 3.02. The number of carbonyl (C=O) groups is 1. The smallest absolute Gasteiger partial charge is 0.219 e. The van der Waals surface area contributed by atoms with Crippen molar-refractivity contribution in [3.63, 3.8) is 0 Å². The van der Waals surface area contributed by atoms with Crippen molar-refractivity contribution in [3.05, 3.63) is 47.4 Å². The SMILES string of the molecule is CC(=O)N1CCc2c(c(Nc3ccc(F)c(-c4cnn(C)c4)c3F)nn2C)C1. The predicted octanol–water partition coefficient (Wildman–Crippen LogP) is 2.75. The number of aryl methyl sites for hydroxylation is 2. The average Bonchev–Trinajstić information content (AvgIpc) is 3.21. The molecule has 0 fully saturated rings. The van der Waals surface area contributed by atoms with Crippen molar-refractivity contribution >= 4 is 17.4 Å². The number of amides is 1. The zero-order valence-electron chi connectivity index (χ0n) is 15.8. The fraction of sp³-hybridized carbons (Fsp3) is 0.316. The standard InChI is InChI=1S/C19H20F2N6O/c1-11(28)27-7-6-16-13(10-27)19(24-26(16)3)23-15-5-4-14(20)17(18(15)21)12-8-22-25(2)9-12/h4-5,8-9H,6-7,10H2,1-3H3,(H,23,24). The van der Waals surface area contributed by atoms with Gasteiger partial charge in [0.1, 0.15) is 5.82 Å². The average molecular weight is 386 g/mol. The monoisotopic (exact) mass is 386 g/mol. The molecule has 0 saturated heterocycles. The Labute approximate surface area is 160 Å². The van der Waals surface area contributed by atoms with Gasteiger partial charge in [0.25, 0.3) is 0 Å². The number of hydrogen-bond acceptors (Lipinski definition) is 4. The van der Waals surface area contributed by atoms with Crippen LogP contribution >= 0.6 is 0 Å². The van der Waals surface area contributed by atoms with Crippen molar-refractivity contribution in [2.24, 2.45) is 14.1 Å². The summed E-state index contributed by atoms with van der Waals surface area (Å²) in [4.78, 5) is 13.5. The van der Waals surface area contributed by atoms with Crippen molar-refractivity contribution in [1.82, 2.24) is 24.5 Å². The molecule has 7 nitrogen and oxygen atoms in total. The highest BCUT2D eigenvalue weighted by Gasteiger charge is 2.26. The Balaban J connectivity index is 1.72. The van der Waals surface area contributed by atoms with Gasteiger partial charge in [0.2, 0.25) is 5.91 Å². The van der Waals surface area contributed by atoms with Gasteiger partial charge in [-0.2, -0.15) is 10.2 Å². The second kappa shape index (κ2) is 6.74. The highest BCUT2D eigenvalue weighted by Crippen LogP contribution is 2.34. The van der Waals surface area contributed by atoms with Gasteiger partial charge in [0.15, 0.2) is 11.6 Å². The van der Waals surface area contributed by atoms with E-state index >= 15 is 4.39 Å². The number of rotatable bonds is 3. The lowest BCUT2D eigenvalue weighted by molar-refractivity contribution is -0.129. The van der Waals surface area contributed by atoms with E-state index in [1.165, 1.54) is 29.9 Å². The van der Waals surface area contributed by atoms with Crippen LogP contribution in [0.1, 0.15) is 18.2 Å². The van der Waals surface area contributed by atoms with Gasteiger partial charge in [-0.15, -0.1) is 0 Å². The van der Waals surface area contributed by atoms with Crippen molar-refractivity contribution in [3.8, 4) is 11.1 Å². The van der Waals surface area contributed by atoms with E-state index in [2.05, 4.69) is 15.5 Å². The lowest BCUT2D eigenvalue weighted by Crippen LogP contribution is -2.34. The topological polar surface area (TPSA) is 68.0 Å². The van der Waals surface area contributed by atoms with E-state index < -0.39 is 11.6 Å². The van der Waals surface area contributed by atoms with Gasteiger partial charge in [0.05, 0.1) is 24.0 Å². The largest absolute Gasteiger partial charge is 0.338 e. The van der Waals surface area contributed by atoms with E-state index in [0.29, 0.717) is 30.9 Å². The first-order chi connectivity index (χ1) is 13.3. The molecule has 0 spiro atoms. The van der Waals surface area contributed by atoms with Crippen molar-refractivity contribution < 1.29 is 13.6 Å². The zero-order valence-corrected chi connectivity index (χ0v) is 15.8. The van der Waals surface area contributed by atoms with Crippen LogP contribution < -0.4 is 5.32 Å². The lowest BCUT2D eigenvalue weighted by atomic mass is 10.1. The maximum absolute atomic E-state index is 15.1. The van der Waals surface area contributed by atoms with E-state index in [1.807, 2.05) is 7.05 Å². The molecular formula is C19H20F2N6O. The molecule has 0 aliphatic carbocycles. The number of aromatic nitrogens is 4. The van der Waals surface area contributed by atoms with Crippen molar-refractivity contribution in [2.45, 2.75) is 19.9 Å². The van der Waals surface area contributed by atoms with Gasteiger partial charge in [0, 0.05) is 57.0 Å². The van der Waals surface area contributed by atoms with Crippen LogP contribution in [0, 0.1) is 11.6 Å². The minimum absolute atomic E-state index is 0.0210. The molecule has 1 aliphatic heterocycles. The third-order valence-electron chi connectivity index (χ3n) is 5.03. The van der Waals surface area contributed by atoms with E-state index in [0.717, 1.165) is 11.3 Å². The number of carbonyl (C=O) groups excluding carboxylic acids is 1. The molecule has 1 aromatic carbocycles. The predicted molar refractivity (Wildman–Crippen MR) is 99.8 cm³/mol. The second-order valence-corrected chi connectivity index (χ2v) is 6.90. The van der Waals surface area contributed by atoms with Crippen molar-refractivity contribution in [1.29, 1.82) is 0 Å². The van der Waals surface area contributed by atoms with Gasteiger partial charge >= 0.3 is 0 Å². The Hall–Kier alpha value is -3.23. The highest BCUT2D eigenvalue weighted by molar-refractivity contribution is 5.75. The summed E-state index contributed by atoms with van der Waals surface area (Å²) in [6, 6.07) is 2.56. The van der Waals surface area contributed by atoms with Gasteiger partial charge in [-0.1, -0.05) is 0 Å². The lowest BCUT2D eigenvalue weighted by Gasteiger charge is -2.26. The van der Waals surface area contributed by atoms with E-state index in [4.69, 9.17) is 0 Å². The molecule has 0 unspecified atom stereocenters. The fourth-order valence-corrected chi connectivity index (χ4v) is 3.55. The van der Waals surface area contributed by atoms with Crippen LogP contribution in [0.5, 0.6) is 0 Å². The summed E-state index contributed by atoms with van der Waals surface area (Å²) in [7, 11) is 3.50. The van der Waals surface area contributed by atoms with Gasteiger partial charge in [-0.05, 0) is 12.1 Å².